The lowest BCUT2D eigenvalue weighted by molar-refractivity contribution is -0.117. The number of anilines is 1. The summed E-state index contributed by atoms with van der Waals surface area (Å²) in [5.74, 6) is 0.519. The van der Waals surface area contributed by atoms with Crippen molar-refractivity contribution in [3.63, 3.8) is 0 Å². The minimum Gasteiger partial charge on any atom is -0.328 e. The second kappa shape index (κ2) is 7.51. The molecule has 1 saturated heterocycles. The van der Waals surface area contributed by atoms with Gasteiger partial charge in [0, 0.05) is 25.4 Å². The largest absolute Gasteiger partial charge is 0.328 e. The van der Waals surface area contributed by atoms with Gasteiger partial charge < -0.3 is 9.47 Å². The summed E-state index contributed by atoms with van der Waals surface area (Å²) in [6.07, 6.45) is 3.77. The zero-order chi connectivity index (χ0) is 18.8. The van der Waals surface area contributed by atoms with Gasteiger partial charge in [0.05, 0.1) is 16.7 Å². The molecule has 1 aliphatic rings. The Labute approximate surface area is 158 Å². The minimum atomic E-state index is -0.358. The second-order valence-corrected chi connectivity index (χ2v) is 7.17. The van der Waals surface area contributed by atoms with Crippen LogP contribution in [0.3, 0.4) is 0 Å². The van der Waals surface area contributed by atoms with E-state index in [4.69, 9.17) is 4.98 Å². The number of aryl methyl sites for hydroxylation is 1. The Bertz CT molecular complexity index is 965. The van der Waals surface area contributed by atoms with Crippen molar-refractivity contribution < 1.29 is 9.18 Å². The molecule has 0 aliphatic carbocycles. The highest BCUT2D eigenvalue weighted by Gasteiger charge is 2.35. The Hall–Kier alpha value is -2.69. The average molecular weight is 365 g/mol. The number of amides is 1. The Kier molecular flexibility index (Phi) is 4.92. The molecule has 0 radical (unpaired) electrons. The molecule has 2 aromatic carbocycles. The van der Waals surface area contributed by atoms with Crippen LogP contribution in [0, 0.1) is 5.82 Å². The van der Waals surface area contributed by atoms with Crippen molar-refractivity contribution in [2.24, 2.45) is 0 Å². The third-order valence-electron chi connectivity index (χ3n) is 5.30. The SMILES string of the molecule is CCCCCn1c(C2CC(=O)N(c3ccccc3F)C2)nc2ccccc21. The maximum atomic E-state index is 14.2. The van der Waals surface area contributed by atoms with E-state index in [1.165, 1.54) is 6.07 Å². The first-order chi connectivity index (χ1) is 13.2. The number of halogens is 1. The van der Waals surface area contributed by atoms with E-state index in [0.29, 0.717) is 18.7 Å². The molecule has 0 spiro atoms. The average Bonchev–Trinajstić information content (AvgIpc) is 3.23. The molecule has 4 rings (SSSR count). The number of hydrogen-bond donors (Lipinski definition) is 0. The molecule has 1 aromatic heterocycles. The molecule has 4 nitrogen and oxygen atoms in total. The fourth-order valence-corrected chi connectivity index (χ4v) is 3.94. The van der Waals surface area contributed by atoms with Crippen LogP contribution in [0.4, 0.5) is 10.1 Å². The Morgan fingerprint density at radius 3 is 2.70 bits per heavy atom. The number of unbranched alkanes of at least 4 members (excludes halogenated alkanes) is 2. The number of benzene rings is 2. The highest BCUT2D eigenvalue weighted by atomic mass is 19.1. The van der Waals surface area contributed by atoms with Crippen molar-refractivity contribution in [2.75, 3.05) is 11.4 Å². The van der Waals surface area contributed by atoms with Crippen molar-refractivity contribution in [1.82, 2.24) is 9.55 Å². The van der Waals surface area contributed by atoms with E-state index < -0.39 is 0 Å². The molecule has 140 valence electrons. The molecule has 5 heteroatoms. The zero-order valence-electron chi connectivity index (χ0n) is 15.6. The summed E-state index contributed by atoms with van der Waals surface area (Å²) in [5.41, 5.74) is 2.43. The predicted octanol–water partition coefficient (Wildman–Crippen LogP) is 4.89. The number of hydrogen-bond acceptors (Lipinski definition) is 2. The summed E-state index contributed by atoms with van der Waals surface area (Å²) in [5, 5.41) is 0. The summed E-state index contributed by atoms with van der Waals surface area (Å²) < 4.78 is 16.4. The van der Waals surface area contributed by atoms with Crippen LogP contribution < -0.4 is 4.90 Å². The number of rotatable bonds is 6. The highest BCUT2D eigenvalue weighted by molar-refractivity contribution is 5.96. The number of nitrogens with zero attached hydrogens (tertiary/aromatic N) is 3. The van der Waals surface area contributed by atoms with Gasteiger partial charge in [-0.1, -0.05) is 44.0 Å². The number of aromatic nitrogens is 2. The molecule has 1 unspecified atom stereocenters. The fraction of sp³-hybridized carbons (Fsp3) is 0.364. The third-order valence-corrected chi connectivity index (χ3v) is 5.30. The summed E-state index contributed by atoms with van der Waals surface area (Å²) in [4.78, 5) is 19.0. The van der Waals surface area contributed by atoms with Crippen molar-refractivity contribution >= 4 is 22.6 Å². The van der Waals surface area contributed by atoms with Gasteiger partial charge in [0.1, 0.15) is 11.6 Å². The highest BCUT2D eigenvalue weighted by Crippen LogP contribution is 2.34. The Balaban J connectivity index is 1.67. The maximum Gasteiger partial charge on any atom is 0.227 e. The van der Waals surface area contributed by atoms with Crippen molar-refractivity contribution in [3.05, 3.63) is 60.2 Å². The topological polar surface area (TPSA) is 38.1 Å². The van der Waals surface area contributed by atoms with Crippen LogP contribution in [-0.2, 0) is 11.3 Å². The van der Waals surface area contributed by atoms with E-state index in [0.717, 1.165) is 42.7 Å². The first kappa shape index (κ1) is 17.7. The Morgan fingerprint density at radius 1 is 1.11 bits per heavy atom. The van der Waals surface area contributed by atoms with Gasteiger partial charge in [0.2, 0.25) is 5.91 Å². The van der Waals surface area contributed by atoms with E-state index in [1.807, 2.05) is 18.2 Å². The van der Waals surface area contributed by atoms with Gasteiger partial charge in [-0.3, -0.25) is 4.79 Å². The van der Waals surface area contributed by atoms with Gasteiger partial charge in [-0.25, -0.2) is 9.37 Å². The molecule has 1 atom stereocenters. The quantitative estimate of drug-likeness (QED) is 0.584. The lowest BCUT2D eigenvalue weighted by atomic mass is 10.1. The maximum absolute atomic E-state index is 14.2. The van der Waals surface area contributed by atoms with Crippen molar-refractivity contribution in [1.29, 1.82) is 0 Å². The minimum absolute atomic E-state index is 0.0221. The lowest BCUT2D eigenvalue weighted by Gasteiger charge is -2.18. The molecular weight excluding hydrogens is 341 g/mol. The first-order valence-corrected chi connectivity index (χ1v) is 9.69. The summed E-state index contributed by atoms with van der Waals surface area (Å²) >= 11 is 0. The zero-order valence-corrected chi connectivity index (χ0v) is 15.6. The van der Waals surface area contributed by atoms with Crippen LogP contribution in [0.2, 0.25) is 0 Å². The smallest absolute Gasteiger partial charge is 0.227 e. The fourth-order valence-electron chi connectivity index (χ4n) is 3.94. The second-order valence-electron chi connectivity index (χ2n) is 7.17. The van der Waals surface area contributed by atoms with Crippen LogP contribution in [0.15, 0.2) is 48.5 Å². The van der Waals surface area contributed by atoms with E-state index in [9.17, 15) is 9.18 Å². The third kappa shape index (κ3) is 3.34. The van der Waals surface area contributed by atoms with Crippen molar-refractivity contribution in [3.8, 4) is 0 Å². The van der Waals surface area contributed by atoms with E-state index in [2.05, 4.69) is 17.6 Å². The van der Waals surface area contributed by atoms with Crippen LogP contribution in [0.25, 0.3) is 11.0 Å². The van der Waals surface area contributed by atoms with Gasteiger partial charge >= 0.3 is 0 Å². The standard InChI is InChI=1S/C22H24FN3O/c1-2-3-8-13-25-20-12-7-5-10-18(20)24-22(25)16-14-21(27)26(15-16)19-11-6-4-9-17(19)23/h4-7,9-12,16H,2-3,8,13-15H2,1H3. The molecule has 0 N–H and O–H groups in total. The Morgan fingerprint density at radius 2 is 1.89 bits per heavy atom. The van der Waals surface area contributed by atoms with Crippen LogP contribution in [0.5, 0.6) is 0 Å². The molecule has 27 heavy (non-hydrogen) atoms. The van der Waals surface area contributed by atoms with Gasteiger partial charge in [-0.05, 0) is 30.7 Å². The molecule has 0 saturated carbocycles. The number of imidazole rings is 1. The number of para-hydroxylation sites is 3. The van der Waals surface area contributed by atoms with E-state index in [-0.39, 0.29) is 17.6 Å². The van der Waals surface area contributed by atoms with E-state index >= 15 is 0 Å². The molecule has 0 bridgehead atoms. The van der Waals surface area contributed by atoms with Gasteiger partial charge in [0.15, 0.2) is 0 Å². The van der Waals surface area contributed by atoms with Crippen LogP contribution in [-0.4, -0.2) is 22.0 Å². The van der Waals surface area contributed by atoms with Crippen molar-refractivity contribution in [2.45, 2.75) is 45.1 Å². The lowest BCUT2D eigenvalue weighted by Crippen LogP contribution is -2.25. The normalized spacial score (nSPS) is 17.2. The van der Waals surface area contributed by atoms with Gasteiger partial charge in [0.25, 0.3) is 0 Å². The number of carbonyl (C=O) groups is 1. The first-order valence-electron chi connectivity index (χ1n) is 9.69. The molecule has 1 fully saturated rings. The number of carbonyl (C=O) groups excluding carboxylic acids is 1. The summed E-state index contributed by atoms with van der Waals surface area (Å²) in [7, 11) is 0. The van der Waals surface area contributed by atoms with Gasteiger partial charge in [-0.2, -0.15) is 0 Å². The molecule has 1 aliphatic heterocycles. The predicted molar refractivity (Wildman–Crippen MR) is 105 cm³/mol. The van der Waals surface area contributed by atoms with E-state index in [1.54, 1.807) is 23.1 Å². The number of fused-ring (bicyclic) bond motifs is 1. The monoisotopic (exact) mass is 365 g/mol. The summed E-state index contributed by atoms with van der Waals surface area (Å²) in [6.45, 7) is 3.56. The molecule has 1 amide bonds. The van der Waals surface area contributed by atoms with Crippen LogP contribution in [0.1, 0.15) is 44.3 Å². The summed E-state index contributed by atoms with van der Waals surface area (Å²) in [6, 6.07) is 14.6. The molecular formula is C22H24FN3O. The van der Waals surface area contributed by atoms with Crippen LogP contribution >= 0.6 is 0 Å². The van der Waals surface area contributed by atoms with Gasteiger partial charge in [-0.15, -0.1) is 0 Å². The molecule has 2 heterocycles. The molecule has 3 aromatic rings.